The fraction of sp³-hybridized carbons (Fsp3) is 0.615. The van der Waals surface area contributed by atoms with Crippen molar-refractivity contribution < 1.29 is 14.3 Å². The van der Waals surface area contributed by atoms with Crippen molar-refractivity contribution in [1.29, 1.82) is 0 Å². The summed E-state index contributed by atoms with van der Waals surface area (Å²) in [5, 5.41) is 4.11. The normalized spacial score (nSPS) is 22.8. The number of likely N-dealkylation sites (tertiary alicyclic amines) is 1. The van der Waals surface area contributed by atoms with Crippen LogP contribution in [0.3, 0.4) is 0 Å². The molecule has 2 aliphatic heterocycles. The van der Waals surface area contributed by atoms with E-state index in [0.29, 0.717) is 25.1 Å². The van der Waals surface area contributed by atoms with E-state index in [1.807, 2.05) is 0 Å². The summed E-state index contributed by atoms with van der Waals surface area (Å²) in [5.41, 5.74) is 5.58. The van der Waals surface area contributed by atoms with Gasteiger partial charge in [0.1, 0.15) is 0 Å². The summed E-state index contributed by atoms with van der Waals surface area (Å²) < 4.78 is 7.17. The molecule has 3 heterocycles. The Labute approximate surface area is 116 Å². The second kappa shape index (κ2) is 5.24. The average Bonchev–Trinajstić information content (AvgIpc) is 2.97. The van der Waals surface area contributed by atoms with E-state index in [0.717, 1.165) is 19.4 Å². The molecule has 1 aromatic heterocycles. The minimum Gasteiger partial charge on any atom is -0.378 e. The first-order valence-electron chi connectivity index (χ1n) is 6.87. The van der Waals surface area contributed by atoms with Gasteiger partial charge in [0.2, 0.25) is 5.91 Å². The predicted molar refractivity (Wildman–Crippen MR) is 70.0 cm³/mol. The van der Waals surface area contributed by atoms with E-state index in [9.17, 15) is 9.59 Å². The third-order valence-corrected chi connectivity index (χ3v) is 3.90. The molecule has 3 rings (SSSR count). The summed E-state index contributed by atoms with van der Waals surface area (Å²) in [6.45, 7) is 2.03. The van der Waals surface area contributed by atoms with Crippen LogP contribution in [0.5, 0.6) is 0 Å². The van der Waals surface area contributed by atoms with Gasteiger partial charge < -0.3 is 15.4 Å². The maximum absolute atomic E-state index is 12.0. The van der Waals surface area contributed by atoms with Crippen molar-refractivity contribution in [3.63, 3.8) is 0 Å². The topological polar surface area (TPSA) is 90.5 Å². The Morgan fingerprint density at radius 3 is 2.85 bits per heavy atom. The summed E-state index contributed by atoms with van der Waals surface area (Å²) in [4.78, 5) is 24.8. The van der Waals surface area contributed by atoms with E-state index in [4.69, 9.17) is 10.5 Å². The largest absolute Gasteiger partial charge is 0.378 e. The van der Waals surface area contributed by atoms with E-state index in [1.54, 1.807) is 15.8 Å². The molecule has 1 aromatic rings. The summed E-state index contributed by atoms with van der Waals surface area (Å²) >= 11 is 0. The second-order valence-electron chi connectivity index (χ2n) is 5.36. The lowest BCUT2D eigenvalue weighted by molar-refractivity contribution is -0.139. The molecule has 0 radical (unpaired) electrons. The highest BCUT2D eigenvalue weighted by Gasteiger charge is 2.34. The summed E-state index contributed by atoms with van der Waals surface area (Å²) in [7, 11) is 0. The second-order valence-corrected chi connectivity index (χ2v) is 5.36. The number of nitrogens with two attached hydrogens (primary N) is 1. The first kappa shape index (κ1) is 13.1. The van der Waals surface area contributed by atoms with Crippen molar-refractivity contribution >= 4 is 11.8 Å². The molecular weight excluding hydrogens is 260 g/mol. The quantitative estimate of drug-likeness (QED) is 0.835. The molecular formula is C13H18N4O3. The zero-order valence-corrected chi connectivity index (χ0v) is 11.2. The molecule has 1 unspecified atom stereocenters. The van der Waals surface area contributed by atoms with Crippen molar-refractivity contribution in [2.75, 3.05) is 19.7 Å². The molecule has 0 bridgehead atoms. The molecule has 7 heteroatoms. The van der Waals surface area contributed by atoms with Crippen LogP contribution in [-0.4, -0.2) is 52.3 Å². The fourth-order valence-electron chi connectivity index (χ4n) is 2.62. The van der Waals surface area contributed by atoms with E-state index >= 15 is 0 Å². The number of primary amides is 1. The minimum absolute atomic E-state index is 0.0905. The standard InChI is InChI=1S/C13H18N4O3/c14-13(19)9-5-15-17(6-9)10-7-16(8-10)12(18)4-11-2-1-3-20-11/h5-6,10-11H,1-4,7-8H2,(H2,14,19). The summed E-state index contributed by atoms with van der Waals surface area (Å²) in [5.74, 6) is -0.350. The van der Waals surface area contributed by atoms with E-state index in [-0.39, 0.29) is 18.1 Å². The Kier molecular flexibility index (Phi) is 3.43. The Morgan fingerprint density at radius 1 is 1.45 bits per heavy atom. The lowest BCUT2D eigenvalue weighted by Gasteiger charge is -2.39. The van der Waals surface area contributed by atoms with Crippen LogP contribution in [0.25, 0.3) is 0 Å². The van der Waals surface area contributed by atoms with Crippen molar-refractivity contribution in [2.45, 2.75) is 31.4 Å². The average molecular weight is 278 g/mol. The van der Waals surface area contributed by atoms with Gasteiger partial charge in [0.15, 0.2) is 0 Å². The predicted octanol–water partition coefficient (Wildman–Crippen LogP) is -0.0656. The molecule has 2 N–H and O–H groups in total. The number of aromatic nitrogens is 2. The fourth-order valence-corrected chi connectivity index (χ4v) is 2.62. The molecule has 0 saturated carbocycles. The van der Waals surface area contributed by atoms with Gasteiger partial charge in [0, 0.05) is 25.9 Å². The molecule has 2 aliphatic rings. The smallest absolute Gasteiger partial charge is 0.251 e. The van der Waals surface area contributed by atoms with E-state index < -0.39 is 5.91 Å². The van der Waals surface area contributed by atoms with Crippen LogP contribution in [0.2, 0.25) is 0 Å². The molecule has 1 atom stereocenters. The van der Waals surface area contributed by atoms with Crippen LogP contribution in [0, 0.1) is 0 Å². The number of hydrogen-bond acceptors (Lipinski definition) is 4. The van der Waals surface area contributed by atoms with Crippen LogP contribution < -0.4 is 5.73 Å². The van der Waals surface area contributed by atoms with E-state index in [2.05, 4.69) is 5.10 Å². The summed E-state index contributed by atoms with van der Waals surface area (Å²) in [6, 6.07) is 0.136. The first-order chi connectivity index (χ1) is 9.63. The lowest BCUT2D eigenvalue weighted by Crippen LogP contribution is -2.51. The molecule has 0 aromatic carbocycles. The van der Waals surface area contributed by atoms with E-state index in [1.165, 1.54) is 6.20 Å². The van der Waals surface area contributed by atoms with Crippen LogP contribution in [0.15, 0.2) is 12.4 Å². The number of hydrogen-bond donors (Lipinski definition) is 1. The number of carbonyl (C=O) groups is 2. The zero-order valence-electron chi connectivity index (χ0n) is 11.2. The molecule has 20 heavy (non-hydrogen) atoms. The van der Waals surface area contributed by atoms with Gasteiger partial charge in [0.25, 0.3) is 5.91 Å². The Bertz CT molecular complexity index is 515. The Morgan fingerprint density at radius 2 is 2.25 bits per heavy atom. The zero-order chi connectivity index (χ0) is 14.1. The van der Waals surface area contributed by atoms with Crippen molar-refractivity contribution in [3.8, 4) is 0 Å². The highest BCUT2D eigenvalue weighted by Crippen LogP contribution is 2.24. The molecule has 108 valence electrons. The third kappa shape index (κ3) is 2.53. The van der Waals surface area contributed by atoms with Crippen LogP contribution in [0.4, 0.5) is 0 Å². The van der Waals surface area contributed by atoms with Gasteiger partial charge in [-0.2, -0.15) is 5.10 Å². The highest BCUT2D eigenvalue weighted by atomic mass is 16.5. The van der Waals surface area contributed by atoms with Gasteiger partial charge in [-0.1, -0.05) is 0 Å². The first-order valence-corrected chi connectivity index (χ1v) is 6.87. The highest BCUT2D eigenvalue weighted by molar-refractivity contribution is 5.92. The molecule has 2 saturated heterocycles. The van der Waals surface area contributed by atoms with Gasteiger partial charge in [-0.3, -0.25) is 14.3 Å². The number of ether oxygens (including phenoxy) is 1. The molecule has 2 fully saturated rings. The van der Waals surface area contributed by atoms with Gasteiger partial charge in [-0.15, -0.1) is 0 Å². The lowest BCUT2D eigenvalue weighted by atomic mass is 10.1. The van der Waals surface area contributed by atoms with Crippen molar-refractivity contribution in [2.24, 2.45) is 5.73 Å². The van der Waals surface area contributed by atoms with Gasteiger partial charge in [0.05, 0.1) is 30.3 Å². The summed E-state index contributed by atoms with van der Waals surface area (Å²) in [6.07, 6.45) is 5.67. The number of carbonyl (C=O) groups excluding carboxylic acids is 2. The Hall–Kier alpha value is -1.89. The van der Waals surface area contributed by atoms with Gasteiger partial charge in [-0.25, -0.2) is 0 Å². The molecule has 2 amide bonds. The van der Waals surface area contributed by atoms with Crippen molar-refractivity contribution in [1.82, 2.24) is 14.7 Å². The number of rotatable bonds is 4. The van der Waals surface area contributed by atoms with Crippen LogP contribution in [0.1, 0.15) is 35.7 Å². The minimum atomic E-state index is -0.484. The maximum Gasteiger partial charge on any atom is 0.251 e. The van der Waals surface area contributed by atoms with Gasteiger partial charge in [-0.05, 0) is 12.8 Å². The third-order valence-electron chi connectivity index (χ3n) is 3.90. The molecule has 0 aliphatic carbocycles. The SMILES string of the molecule is NC(=O)c1cnn(C2CN(C(=O)CC3CCCO3)C2)c1. The van der Waals surface area contributed by atoms with Crippen molar-refractivity contribution in [3.05, 3.63) is 18.0 Å². The van der Waals surface area contributed by atoms with Gasteiger partial charge >= 0.3 is 0 Å². The van der Waals surface area contributed by atoms with Crippen LogP contribution in [-0.2, 0) is 9.53 Å². The molecule has 0 spiro atoms. The number of amides is 2. The monoisotopic (exact) mass is 278 g/mol. The van der Waals surface area contributed by atoms with Crippen LogP contribution >= 0.6 is 0 Å². The maximum atomic E-state index is 12.0. The Balaban J connectivity index is 1.49. The molecule has 7 nitrogen and oxygen atoms in total. The number of nitrogens with zero attached hydrogens (tertiary/aromatic N) is 3.